The van der Waals surface area contributed by atoms with E-state index in [1.807, 2.05) is 13.0 Å². The third kappa shape index (κ3) is 3.17. The highest BCUT2D eigenvalue weighted by Gasteiger charge is 2.32. The fourth-order valence-corrected chi connectivity index (χ4v) is 4.36. The summed E-state index contributed by atoms with van der Waals surface area (Å²) in [5, 5.41) is 0. The molecule has 0 aliphatic carbocycles. The Bertz CT molecular complexity index is 574. The van der Waals surface area contributed by atoms with E-state index in [1.54, 1.807) is 23.5 Å². The molecule has 0 amide bonds. The van der Waals surface area contributed by atoms with Crippen molar-refractivity contribution in [2.45, 2.75) is 24.1 Å². The number of rotatable bonds is 5. The molecule has 1 saturated heterocycles. The molecule has 1 aliphatic heterocycles. The Kier molecular flexibility index (Phi) is 5.07. The minimum absolute atomic E-state index is 0.285. The molecule has 1 unspecified atom stereocenters. The minimum Gasteiger partial charge on any atom is -0.384 e. The summed E-state index contributed by atoms with van der Waals surface area (Å²) < 4.78 is 31.9. The summed E-state index contributed by atoms with van der Waals surface area (Å²) in [4.78, 5) is 0.330. The zero-order valence-electron chi connectivity index (χ0n) is 11.8. The van der Waals surface area contributed by atoms with Crippen LogP contribution in [0.5, 0.6) is 0 Å². The molecule has 1 aromatic rings. The fourth-order valence-electron chi connectivity index (χ4n) is 2.49. The number of hydrogen-bond donors (Lipinski definition) is 0. The van der Waals surface area contributed by atoms with Crippen LogP contribution < -0.4 is 0 Å². The Balaban J connectivity index is 2.23. The third-order valence-corrected chi connectivity index (χ3v) is 5.90. The number of halogens is 1. The number of sulfonamides is 1. The third-order valence-electron chi connectivity index (χ3n) is 3.75. The lowest BCUT2D eigenvalue weighted by atomic mass is 10.1. The largest absolute Gasteiger partial charge is 0.384 e. The van der Waals surface area contributed by atoms with Crippen LogP contribution in [0.25, 0.3) is 0 Å². The average molecular weight is 318 g/mol. The molecule has 0 saturated carbocycles. The molecule has 4 nitrogen and oxygen atoms in total. The first kappa shape index (κ1) is 15.8. The maximum Gasteiger partial charge on any atom is 0.243 e. The molecule has 112 valence electrons. The fraction of sp³-hybridized carbons (Fsp3) is 0.571. The van der Waals surface area contributed by atoms with E-state index in [9.17, 15) is 8.42 Å². The quantitative estimate of drug-likeness (QED) is 0.783. The number of methoxy groups -OCH3 is 1. The second kappa shape index (κ2) is 6.43. The molecule has 0 aromatic heterocycles. The van der Waals surface area contributed by atoms with Crippen LogP contribution in [0.4, 0.5) is 0 Å². The summed E-state index contributed by atoms with van der Waals surface area (Å²) in [6.45, 7) is 3.62. The highest BCUT2D eigenvalue weighted by atomic mass is 35.5. The maximum atomic E-state index is 12.6. The van der Waals surface area contributed by atoms with E-state index in [1.165, 1.54) is 0 Å². The molecule has 0 bridgehead atoms. The first-order chi connectivity index (χ1) is 9.48. The van der Waals surface area contributed by atoms with Gasteiger partial charge in [0.25, 0.3) is 0 Å². The number of alkyl halides is 1. The zero-order valence-corrected chi connectivity index (χ0v) is 13.4. The Morgan fingerprint density at radius 3 is 2.85 bits per heavy atom. The average Bonchev–Trinajstić information content (AvgIpc) is 2.89. The molecule has 1 aliphatic rings. The van der Waals surface area contributed by atoms with Gasteiger partial charge in [0.1, 0.15) is 0 Å². The van der Waals surface area contributed by atoms with Crippen molar-refractivity contribution in [1.82, 2.24) is 4.31 Å². The van der Waals surface area contributed by atoms with Crippen LogP contribution in [0.1, 0.15) is 17.5 Å². The van der Waals surface area contributed by atoms with Crippen molar-refractivity contribution in [3.05, 3.63) is 29.3 Å². The van der Waals surface area contributed by atoms with Crippen molar-refractivity contribution in [3.63, 3.8) is 0 Å². The Labute approximate surface area is 125 Å². The highest BCUT2D eigenvalue weighted by Crippen LogP contribution is 2.26. The number of ether oxygens (including phenoxy) is 1. The molecule has 6 heteroatoms. The van der Waals surface area contributed by atoms with Crippen molar-refractivity contribution >= 4 is 21.6 Å². The molecule has 2 rings (SSSR count). The number of aryl methyl sites for hydroxylation is 1. The van der Waals surface area contributed by atoms with Crippen LogP contribution in [-0.4, -0.2) is 39.5 Å². The Morgan fingerprint density at radius 1 is 1.45 bits per heavy atom. The van der Waals surface area contributed by atoms with Crippen molar-refractivity contribution in [2.24, 2.45) is 5.92 Å². The summed E-state index contributed by atoms with van der Waals surface area (Å²) in [5.41, 5.74) is 1.87. The van der Waals surface area contributed by atoms with Crippen LogP contribution in [0.15, 0.2) is 23.1 Å². The van der Waals surface area contributed by atoms with E-state index in [0.29, 0.717) is 30.5 Å². The first-order valence-electron chi connectivity index (χ1n) is 6.63. The minimum atomic E-state index is -3.42. The summed E-state index contributed by atoms with van der Waals surface area (Å²) >= 11 is 5.85. The molecule has 0 radical (unpaired) electrons. The summed E-state index contributed by atoms with van der Waals surface area (Å²) in [6.07, 6.45) is 0.849. The van der Waals surface area contributed by atoms with Gasteiger partial charge in [-0.05, 0) is 42.5 Å². The summed E-state index contributed by atoms with van der Waals surface area (Å²) in [7, 11) is -1.78. The molecular formula is C14H20ClNO3S. The van der Waals surface area contributed by atoms with Gasteiger partial charge in [-0.1, -0.05) is 6.07 Å². The summed E-state index contributed by atoms with van der Waals surface area (Å²) in [6, 6.07) is 5.15. The van der Waals surface area contributed by atoms with Gasteiger partial charge >= 0.3 is 0 Å². The first-order valence-corrected chi connectivity index (χ1v) is 8.61. The van der Waals surface area contributed by atoms with Crippen molar-refractivity contribution in [1.29, 1.82) is 0 Å². The maximum absolute atomic E-state index is 12.6. The van der Waals surface area contributed by atoms with Gasteiger partial charge in [0.05, 0.1) is 11.5 Å². The van der Waals surface area contributed by atoms with Gasteiger partial charge in [-0.2, -0.15) is 4.31 Å². The molecule has 20 heavy (non-hydrogen) atoms. The van der Waals surface area contributed by atoms with E-state index in [-0.39, 0.29) is 5.92 Å². The lowest BCUT2D eigenvalue weighted by molar-refractivity contribution is 0.157. The molecular weight excluding hydrogens is 298 g/mol. The van der Waals surface area contributed by atoms with Gasteiger partial charge in [-0.25, -0.2) is 8.42 Å². The van der Waals surface area contributed by atoms with Gasteiger partial charge in [0, 0.05) is 26.1 Å². The second-order valence-corrected chi connectivity index (χ2v) is 7.40. The number of nitrogens with zero attached hydrogens (tertiary/aromatic N) is 1. The van der Waals surface area contributed by atoms with E-state index in [2.05, 4.69) is 0 Å². The van der Waals surface area contributed by atoms with Crippen molar-refractivity contribution in [2.75, 3.05) is 26.8 Å². The molecule has 1 heterocycles. The van der Waals surface area contributed by atoms with E-state index in [4.69, 9.17) is 16.3 Å². The van der Waals surface area contributed by atoms with E-state index < -0.39 is 10.0 Å². The smallest absolute Gasteiger partial charge is 0.243 e. The standard InChI is InChI=1S/C14H20ClNO3S/c1-11-3-4-14(7-13(11)8-15)20(17,18)16-6-5-12(9-16)10-19-2/h3-4,7,12H,5-6,8-10H2,1-2H3. The number of hydrogen-bond acceptors (Lipinski definition) is 3. The second-order valence-electron chi connectivity index (χ2n) is 5.20. The van der Waals surface area contributed by atoms with Crippen LogP contribution in [0, 0.1) is 12.8 Å². The monoisotopic (exact) mass is 317 g/mol. The van der Waals surface area contributed by atoms with Crippen molar-refractivity contribution < 1.29 is 13.2 Å². The van der Waals surface area contributed by atoms with Gasteiger partial charge < -0.3 is 4.74 Å². The molecule has 0 spiro atoms. The predicted octanol–water partition coefficient (Wildman–Crippen LogP) is 2.39. The molecule has 1 atom stereocenters. The van der Waals surface area contributed by atoms with Gasteiger partial charge in [-0.15, -0.1) is 11.6 Å². The van der Waals surface area contributed by atoms with E-state index >= 15 is 0 Å². The normalized spacial score (nSPS) is 20.4. The zero-order chi connectivity index (χ0) is 14.8. The SMILES string of the molecule is COCC1CCN(S(=O)(=O)c2ccc(C)c(CCl)c2)C1. The molecule has 1 fully saturated rings. The van der Waals surface area contributed by atoms with Gasteiger partial charge in [0.2, 0.25) is 10.0 Å². The number of benzene rings is 1. The molecule has 1 aromatic carbocycles. The van der Waals surface area contributed by atoms with Gasteiger partial charge in [0.15, 0.2) is 0 Å². The lowest BCUT2D eigenvalue weighted by Crippen LogP contribution is -2.29. The van der Waals surface area contributed by atoms with Crippen LogP contribution >= 0.6 is 11.6 Å². The van der Waals surface area contributed by atoms with Crippen LogP contribution in [-0.2, 0) is 20.6 Å². The van der Waals surface area contributed by atoms with E-state index in [0.717, 1.165) is 17.5 Å². The Morgan fingerprint density at radius 2 is 2.20 bits per heavy atom. The van der Waals surface area contributed by atoms with Crippen LogP contribution in [0.3, 0.4) is 0 Å². The van der Waals surface area contributed by atoms with Crippen LogP contribution in [0.2, 0.25) is 0 Å². The highest BCUT2D eigenvalue weighted by molar-refractivity contribution is 7.89. The molecule has 0 N–H and O–H groups in total. The topological polar surface area (TPSA) is 46.6 Å². The van der Waals surface area contributed by atoms with Crippen molar-refractivity contribution in [3.8, 4) is 0 Å². The lowest BCUT2D eigenvalue weighted by Gasteiger charge is -2.17. The Hall–Kier alpha value is -0.620. The van der Waals surface area contributed by atoms with Gasteiger partial charge in [-0.3, -0.25) is 0 Å². The predicted molar refractivity (Wildman–Crippen MR) is 79.5 cm³/mol. The summed E-state index contributed by atoms with van der Waals surface area (Å²) in [5.74, 6) is 0.606.